The van der Waals surface area contributed by atoms with Gasteiger partial charge in [-0.3, -0.25) is 0 Å². The zero-order valence-electron chi connectivity index (χ0n) is 20.2. The molecule has 0 spiro atoms. The molecule has 2 aromatic heterocycles. The SMILES string of the molecule is Cc1cc(C#N)cc(C)c1Oc1ccnc(Nc2ccc(N3CCN(S(=O)(=O)C4CC4)CC3)nc2)n1. The van der Waals surface area contributed by atoms with Crippen LogP contribution in [0.5, 0.6) is 11.6 Å². The number of aromatic nitrogens is 3. The van der Waals surface area contributed by atoms with E-state index in [1.165, 1.54) is 0 Å². The molecule has 0 unspecified atom stereocenters. The quantitative estimate of drug-likeness (QED) is 0.513. The van der Waals surface area contributed by atoms with Gasteiger partial charge in [0.2, 0.25) is 21.9 Å². The summed E-state index contributed by atoms with van der Waals surface area (Å²) in [5.41, 5.74) is 3.01. The van der Waals surface area contributed by atoms with Gasteiger partial charge in [0.1, 0.15) is 11.6 Å². The second-order valence-corrected chi connectivity index (χ2v) is 11.2. The fraction of sp³-hybridized carbons (Fsp3) is 0.360. The van der Waals surface area contributed by atoms with Crippen molar-refractivity contribution in [3.8, 4) is 17.7 Å². The highest BCUT2D eigenvalue weighted by Gasteiger charge is 2.41. The van der Waals surface area contributed by atoms with Crippen LogP contribution in [-0.4, -0.2) is 59.1 Å². The number of benzene rings is 1. The Balaban J connectivity index is 1.21. The van der Waals surface area contributed by atoms with Gasteiger partial charge in [-0.1, -0.05) is 0 Å². The Hall–Kier alpha value is -3.75. The number of hydrogen-bond acceptors (Lipinski definition) is 9. The van der Waals surface area contributed by atoms with E-state index in [1.54, 1.807) is 34.9 Å². The summed E-state index contributed by atoms with van der Waals surface area (Å²) in [5.74, 6) is 2.21. The van der Waals surface area contributed by atoms with Crippen LogP contribution in [0, 0.1) is 25.2 Å². The van der Waals surface area contributed by atoms with Crippen LogP contribution in [0.25, 0.3) is 0 Å². The zero-order valence-corrected chi connectivity index (χ0v) is 21.0. The van der Waals surface area contributed by atoms with E-state index < -0.39 is 10.0 Å². The molecular formula is C25H27N7O3S. The van der Waals surface area contributed by atoms with Gasteiger partial charge in [-0.25, -0.2) is 18.4 Å². The van der Waals surface area contributed by atoms with Gasteiger partial charge in [0.15, 0.2) is 0 Å². The van der Waals surface area contributed by atoms with Crippen molar-refractivity contribution in [3.63, 3.8) is 0 Å². The first-order valence-electron chi connectivity index (χ1n) is 11.8. The van der Waals surface area contributed by atoms with Crippen molar-refractivity contribution in [2.75, 3.05) is 36.4 Å². The number of nitrogens with zero attached hydrogens (tertiary/aromatic N) is 6. The highest BCUT2D eigenvalue weighted by Crippen LogP contribution is 2.32. The molecule has 3 heterocycles. The van der Waals surface area contributed by atoms with Crippen molar-refractivity contribution in [3.05, 3.63) is 59.4 Å². The van der Waals surface area contributed by atoms with E-state index in [1.807, 2.05) is 26.0 Å². The molecule has 1 aliphatic heterocycles. The minimum atomic E-state index is -3.13. The van der Waals surface area contributed by atoms with Crippen molar-refractivity contribution in [1.82, 2.24) is 19.3 Å². The first-order chi connectivity index (χ1) is 17.3. The van der Waals surface area contributed by atoms with Gasteiger partial charge < -0.3 is 15.0 Å². The maximum absolute atomic E-state index is 12.4. The number of nitriles is 1. The summed E-state index contributed by atoms with van der Waals surface area (Å²) in [4.78, 5) is 15.3. The Bertz CT molecular complexity index is 1390. The number of nitrogens with one attached hydrogen (secondary N) is 1. The normalized spacial score (nSPS) is 16.4. The van der Waals surface area contributed by atoms with Crippen molar-refractivity contribution in [2.45, 2.75) is 31.9 Å². The Labute approximate surface area is 210 Å². The van der Waals surface area contributed by atoms with E-state index in [4.69, 9.17) is 10.00 Å². The van der Waals surface area contributed by atoms with Crippen LogP contribution in [-0.2, 0) is 10.0 Å². The number of rotatable bonds is 7. The van der Waals surface area contributed by atoms with Crippen LogP contribution < -0.4 is 15.0 Å². The highest BCUT2D eigenvalue weighted by atomic mass is 32.2. The molecule has 10 nitrogen and oxygen atoms in total. The molecule has 0 radical (unpaired) electrons. The summed E-state index contributed by atoms with van der Waals surface area (Å²) in [5, 5.41) is 12.1. The van der Waals surface area contributed by atoms with Crippen molar-refractivity contribution < 1.29 is 13.2 Å². The number of aryl methyl sites for hydroxylation is 2. The molecule has 3 aromatic rings. The number of piperazine rings is 1. The van der Waals surface area contributed by atoms with E-state index in [2.05, 4.69) is 31.2 Å². The average molecular weight is 506 g/mol. The summed E-state index contributed by atoms with van der Waals surface area (Å²) in [6.45, 7) is 5.98. The van der Waals surface area contributed by atoms with Crippen LogP contribution in [0.15, 0.2) is 42.7 Å². The number of anilines is 3. The third-order valence-corrected chi connectivity index (χ3v) is 8.70. The maximum atomic E-state index is 12.4. The molecule has 0 atom stereocenters. The van der Waals surface area contributed by atoms with Crippen LogP contribution in [0.4, 0.5) is 17.5 Å². The predicted octanol–water partition coefficient (Wildman–Crippen LogP) is 3.51. The Morgan fingerprint density at radius 3 is 2.39 bits per heavy atom. The van der Waals surface area contributed by atoms with E-state index in [0.717, 1.165) is 35.5 Å². The second-order valence-electron chi connectivity index (χ2n) is 9.03. The molecule has 1 saturated carbocycles. The Morgan fingerprint density at radius 1 is 1.06 bits per heavy atom. The lowest BCUT2D eigenvalue weighted by atomic mass is 10.1. The van der Waals surface area contributed by atoms with E-state index >= 15 is 0 Å². The summed E-state index contributed by atoms with van der Waals surface area (Å²) in [6, 6.07) is 11.2. The van der Waals surface area contributed by atoms with E-state index in [0.29, 0.717) is 49.3 Å². The number of sulfonamides is 1. The molecule has 0 bridgehead atoms. The first-order valence-corrected chi connectivity index (χ1v) is 13.3. The number of pyridine rings is 1. The monoisotopic (exact) mass is 505 g/mol. The summed E-state index contributed by atoms with van der Waals surface area (Å²) < 4.78 is 32.5. The van der Waals surface area contributed by atoms with Crippen molar-refractivity contribution in [2.24, 2.45) is 0 Å². The minimum Gasteiger partial charge on any atom is -0.438 e. The number of hydrogen-bond donors (Lipinski definition) is 1. The van der Waals surface area contributed by atoms with Crippen molar-refractivity contribution in [1.29, 1.82) is 5.26 Å². The average Bonchev–Trinajstić information content (AvgIpc) is 3.73. The zero-order chi connectivity index (χ0) is 25.3. The molecule has 1 aliphatic carbocycles. The topological polar surface area (TPSA) is 124 Å². The van der Waals surface area contributed by atoms with Crippen LogP contribution in [0.1, 0.15) is 29.5 Å². The highest BCUT2D eigenvalue weighted by molar-refractivity contribution is 7.90. The molecule has 2 fully saturated rings. The number of ether oxygens (including phenoxy) is 1. The van der Waals surface area contributed by atoms with Crippen LogP contribution >= 0.6 is 0 Å². The van der Waals surface area contributed by atoms with Gasteiger partial charge in [0.25, 0.3) is 0 Å². The lowest BCUT2D eigenvalue weighted by Crippen LogP contribution is -2.49. The summed E-state index contributed by atoms with van der Waals surface area (Å²) in [6.07, 6.45) is 4.88. The van der Waals surface area contributed by atoms with Crippen LogP contribution in [0.3, 0.4) is 0 Å². The second kappa shape index (κ2) is 9.72. The summed E-state index contributed by atoms with van der Waals surface area (Å²) >= 11 is 0. The molecule has 5 rings (SSSR count). The van der Waals surface area contributed by atoms with E-state index in [9.17, 15) is 8.42 Å². The predicted molar refractivity (Wildman–Crippen MR) is 136 cm³/mol. The first kappa shape index (κ1) is 24.0. The molecule has 1 saturated heterocycles. The van der Waals surface area contributed by atoms with Gasteiger partial charge in [-0.2, -0.15) is 14.6 Å². The molecule has 36 heavy (non-hydrogen) atoms. The molecule has 11 heteroatoms. The van der Waals surface area contributed by atoms with E-state index in [-0.39, 0.29) is 5.25 Å². The standard InChI is InChI=1S/C25H27N7O3S/c1-17-13-19(15-26)14-18(2)24(17)35-23-7-8-27-25(30-23)29-20-3-6-22(28-16-20)31-9-11-32(12-10-31)36(33,34)21-4-5-21/h3,6-8,13-14,16,21H,4-5,9-12H2,1-2H3,(H,27,29,30). The van der Waals surface area contributed by atoms with Crippen molar-refractivity contribution >= 4 is 27.5 Å². The largest absolute Gasteiger partial charge is 0.438 e. The lowest BCUT2D eigenvalue weighted by molar-refractivity contribution is 0.383. The minimum absolute atomic E-state index is 0.171. The third-order valence-electron chi connectivity index (χ3n) is 6.30. The van der Waals surface area contributed by atoms with Gasteiger partial charge in [0, 0.05) is 38.4 Å². The van der Waals surface area contributed by atoms with Gasteiger partial charge in [0.05, 0.1) is 28.8 Å². The Kier molecular flexibility index (Phi) is 6.47. The third kappa shape index (κ3) is 5.10. The fourth-order valence-corrected chi connectivity index (χ4v) is 6.09. The summed E-state index contributed by atoms with van der Waals surface area (Å²) in [7, 11) is -3.13. The molecular weight excluding hydrogens is 478 g/mol. The Morgan fingerprint density at radius 2 is 1.78 bits per heavy atom. The van der Waals surface area contributed by atoms with Gasteiger partial charge in [-0.15, -0.1) is 0 Å². The molecule has 0 amide bonds. The van der Waals surface area contributed by atoms with Gasteiger partial charge in [-0.05, 0) is 62.1 Å². The maximum Gasteiger partial charge on any atom is 0.230 e. The molecule has 186 valence electrons. The van der Waals surface area contributed by atoms with Crippen LogP contribution in [0.2, 0.25) is 0 Å². The van der Waals surface area contributed by atoms with Gasteiger partial charge >= 0.3 is 0 Å². The molecule has 1 N–H and O–H groups in total. The lowest BCUT2D eigenvalue weighted by Gasteiger charge is -2.34. The fourth-order valence-electron chi connectivity index (χ4n) is 4.26. The molecule has 1 aromatic carbocycles. The smallest absolute Gasteiger partial charge is 0.230 e. The molecule has 2 aliphatic rings.